The van der Waals surface area contributed by atoms with E-state index in [0.717, 1.165) is 13.1 Å². The molecule has 3 atom stereocenters. The number of thiophene rings is 1. The van der Waals surface area contributed by atoms with Crippen LogP contribution < -0.4 is 11.1 Å². The first-order valence-electron chi connectivity index (χ1n) is 6.55. The monoisotopic (exact) mass is 265 g/mol. The lowest BCUT2D eigenvalue weighted by Gasteiger charge is -2.36. The SMILES string of the molecule is NC1[C@@H]2CC[C@H]1CN(C(=O)NCc1cccs1)C2. The number of piperidine rings is 1. The lowest BCUT2D eigenvalue weighted by atomic mass is 9.93. The fourth-order valence-electron chi connectivity index (χ4n) is 3.12. The Hall–Kier alpha value is -1.07. The van der Waals surface area contributed by atoms with Crippen molar-refractivity contribution in [2.24, 2.45) is 17.6 Å². The van der Waals surface area contributed by atoms with Crippen molar-refractivity contribution in [2.75, 3.05) is 13.1 Å². The number of amides is 2. The number of carbonyl (C=O) groups excluding carboxylic acids is 1. The summed E-state index contributed by atoms with van der Waals surface area (Å²) >= 11 is 1.67. The van der Waals surface area contributed by atoms with Crippen molar-refractivity contribution in [3.63, 3.8) is 0 Å². The van der Waals surface area contributed by atoms with E-state index < -0.39 is 0 Å². The zero-order valence-electron chi connectivity index (χ0n) is 10.3. The molecule has 2 aliphatic rings. The van der Waals surface area contributed by atoms with Crippen LogP contribution in [0.2, 0.25) is 0 Å². The van der Waals surface area contributed by atoms with Gasteiger partial charge in [-0.15, -0.1) is 11.3 Å². The molecule has 2 bridgehead atoms. The third kappa shape index (κ3) is 2.24. The van der Waals surface area contributed by atoms with Crippen LogP contribution in [0.5, 0.6) is 0 Å². The molecule has 1 saturated heterocycles. The van der Waals surface area contributed by atoms with Crippen molar-refractivity contribution in [1.29, 1.82) is 0 Å². The first kappa shape index (κ1) is 12.0. The van der Waals surface area contributed by atoms with Crippen molar-refractivity contribution in [3.8, 4) is 0 Å². The van der Waals surface area contributed by atoms with E-state index >= 15 is 0 Å². The number of rotatable bonds is 2. The van der Waals surface area contributed by atoms with E-state index in [1.54, 1.807) is 11.3 Å². The third-order valence-corrected chi connectivity index (χ3v) is 5.06. The maximum absolute atomic E-state index is 12.1. The molecule has 1 aromatic rings. The minimum Gasteiger partial charge on any atom is -0.333 e. The summed E-state index contributed by atoms with van der Waals surface area (Å²) in [4.78, 5) is 15.2. The van der Waals surface area contributed by atoms with Crippen LogP contribution in [0.3, 0.4) is 0 Å². The van der Waals surface area contributed by atoms with Crippen LogP contribution in [0.15, 0.2) is 17.5 Å². The maximum atomic E-state index is 12.1. The second-order valence-electron chi connectivity index (χ2n) is 5.32. The Kier molecular flexibility index (Phi) is 3.26. The van der Waals surface area contributed by atoms with Gasteiger partial charge in [0.2, 0.25) is 0 Å². The number of nitrogens with zero attached hydrogens (tertiary/aromatic N) is 1. The zero-order chi connectivity index (χ0) is 12.5. The van der Waals surface area contributed by atoms with Crippen LogP contribution in [0.1, 0.15) is 17.7 Å². The molecule has 18 heavy (non-hydrogen) atoms. The van der Waals surface area contributed by atoms with Crippen molar-refractivity contribution in [2.45, 2.75) is 25.4 Å². The first-order chi connectivity index (χ1) is 8.74. The highest BCUT2D eigenvalue weighted by molar-refractivity contribution is 7.09. The van der Waals surface area contributed by atoms with Gasteiger partial charge in [0.1, 0.15) is 0 Å². The smallest absolute Gasteiger partial charge is 0.317 e. The minimum atomic E-state index is 0.0622. The lowest BCUT2D eigenvalue weighted by molar-refractivity contribution is 0.150. The van der Waals surface area contributed by atoms with Gasteiger partial charge in [-0.05, 0) is 36.1 Å². The Balaban J connectivity index is 1.54. The van der Waals surface area contributed by atoms with Crippen LogP contribution in [-0.2, 0) is 6.54 Å². The predicted octanol–water partition coefficient (Wildman–Crippen LogP) is 1.63. The molecule has 2 amide bonds. The number of likely N-dealkylation sites (tertiary alicyclic amines) is 1. The molecular formula is C13H19N3OS. The highest BCUT2D eigenvalue weighted by Crippen LogP contribution is 2.35. The Morgan fingerprint density at radius 1 is 1.44 bits per heavy atom. The number of urea groups is 1. The lowest BCUT2D eigenvalue weighted by Crippen LogP contribution is -2.53. The summed E-state index contributed by atoms with van der Waals surface area (Å²) in [6, 6.07) is 4.42. The number of hydrogen-bond donors (Lipinski definition) is 2. The van der Waals surface area contributed by atoms with Crippen molar-refractivity contribution in [1.82, 2.24) is 10.2 Å². The van der Waals surface area contributed by atoms with Crippen molar-refractivity contribution < 1.29 is 4.79 Å². The van der Waals surface area contributed by atoms with Gasteiger partial charge < -0.3 is 16.0 Å². The molecule has 1 aromatic heterocycles. The largest absolute Gasteiger partial charge is 0.333 e. The molecular weight excluding hydrogens is 246 g/mol. The molecule has 1 saturated carbocycles. The van der Waals surface area contributed by atoms with E-state index in [9.17, 15) is 4.79 Å². The van der Waals surface area contributed by atoms with Crippen molar-refractivity contribution >= 4 is 17.4 Å². The van der Waals surface area contributed by atoms with Gasteiger partial charge in [0.25, 0.3) is 0 Å². The van der Waals surface area contributed by atoms with E-state index in [-0.39, 0.29) is 6.03 Å². The highest BCUT2D eigenvalue weighted by atomic mass is 32.1. The zero-order valence-corrected chi connectivity index (χ0v) is 11.2. The van der Waals surface area contributed by atoms with Crippen LogP contribution >= 0.6 is 11.3 Å². The van der Waals surface area contributed by atoms with Gasteiger partial charge >= 0.3 is 6.03 Å². The molecule has 2 heterocycles. The van der Waals surface area contributed by atoms with E-state index in [1.807, 2.05) is 22.4 Å². The Morgan fingerprint density at radius 3 is 2.78 bits per heavy atom. The first-order valence-corrected chi connectivity index (χ1v) is 7.43. The number of fused-ring (bicyclic) bond motifs is 2. The van der Waals surface area contributed by atoms with E-state index in [4.69, 9.17) is 5.73 Å². The topological polar surface area (TPSA) is 58.4 Å². The molecule has 3 N–H and O–H groups in total. The van der Waals surface area contributed by atoms with Gasteiger partial charge in [0.05, 0.1) is 6.54 Å². The molecule has 0 aromatic carbocycles. The highest BCUT2D eigenvalue weighted by Gasteiger charge is 2.41. The molecule has 4 nitrogen and oxygen atoms in total. The molecule has 3 rings (SSSR count). The number of nitrogens with one attached hydrogen (secondary N) is 1. The molecule has 5 heteroatoms. The van der Waals surface area contributed by atoms with Crippen LogP contribution in [0.25, 0.3) is 0 Å². The molecule has 2 fully saturated rings. The Morgan fingerprint density at radius 2 is 2.17 bits per heavy atom. The Bertz CT molecular complexity index is 406. The fraction of sp³-hybridized carbons (Fsp3) is 0.615. The second kappa shape index (κ2) is 4.90. The summed E-state index contributed by atoms with van der Waals surface area (Å²) in [5.41, 5.74) is 6.14. The molecule has 1 aliphatic heterocycles. The normalized spacial score (nSPS) is 30.5. The van der Waals surface area contributed by atoms with Crippen LogP contribution in [0, 0.1) is 11.8 Å². The summed E-state index contributed by atoms with van der Waals surface area (Å²) < 4.78 is 0. The van der Waals surface area contributed by atoms with Gasteiger partial charge in [-0.3, -0.25) is 0 Å². The minimum absolute atomic E-state index is 0.0622. The van der Waals surface area contributed by atoms with Gasteiger partial charge in [-0.1, -0.05) is 6.07 Å². The van der Waals surface area contributed by atoms with E-state index in [0.29, 0.717) is 24.4 Å². The average molecular weight is 265 g/mol. The maximum Gasteiger partial charge on any atom is 0.317 e. The quantitative estimate of drug-likeness (QED) is 0.854. The fourth-order valence-corrected chi connectivity index (χ4v) is 3.76. The standard InChI is InChI=1S/C13H19N3OS/c14-12-9-3-4-10(12)8-16(7-9)13(17)15-6-11-2-1-5-18-11/h1-2,5,9-10,12H,3-4,6-8,14H2,(H,15,17)/t9-,10+,12?. The number of carbonyl (C=O) groups is 1. The summed E-state index contributed by atoms with van der Waals surface area (Å²) in [5.74, 6) is 1.02. The van der Waals surface area contributed by atoms with Gasteiger partial charge in [-0.2, -0.15) is 0 Å². The third-order valence-electron chi connectivity index (χ3n) is 4.19. The molecule has 1 unspecified atom stereocenters. The molecule has 98 valence electrons. The summed E-state index contributed by atoms with van der Waals surface area (Å²) in [7, 11) is 0. The van der Waals surface area contributed by atoms with Gasteiger partial charge in [0, 0.05) is 24.0 Å². The van der Waals surface area contributed by atoms with Crippen molar-refractivity contribution in [3.05, 3.63) is 22.4 Å². The Labute approximate surface area is 111 Å². The van der Waals surface area contributed by atoms with Gasteiger partial charge in [0.15, 0.2) is 0 Å². The number of nitrogens with two attached hydrogens (primary N) is 1. The molecule has 1 aliphatic carbocycles. The molecule has 0 spiro atoms. The summed E-state index contributed by atoms with van der Waals surface area (Å²) in [6.45, 7) is 2.29. The van der Waals surface area contributed by atoms with Crippen LogP contribution in [-0.4, -0.2) is 30.1 Å². The van der Waals surface area contributed by atoms with Crippen LogP contribution in [0.4, 0.5) is 4.79 Å². The van der Waals surface area contributed by atoms with Gasteiger partial charge in [-0.25, -0.2) is 4.79 Å². The average Bonchev–Trinajstić information content (AvgIpc) is 2.93. The molecule has 0 radical (unpaired) electrons. The van der Waals surface area contributed by atoms with E-state index in [1.165, 1.54) is 17.7 Å². The van der Waals surface area contributed by atoms with E-state index in [2.05, 4.69) is 5.32 Å². The second-order valence-corrected chi connectivity index (χ2v) is 6.35. The summed E-state index contributed by atoms with van der Waals surface area (Å²) in [5, 5.41) is 5.02. The number of hydrogen-bond acceptors (Lipinski definition) is 3. The predicted molar refractivity (Wildman–Crippen MR) is 72.3 cm³/mol. The summed E-state index contributed by atoms with van der Waals surface area (Å²) in [6.07, 6.45) is 2.36.